The Labute approximate surface area is 171 Å². The number of hydrogen-bond acceptors (Lipinski definition) is 5. The number of nitrogens with one attached hydrogen (secondary N) is 1. The Morgan fingerprint density at radius 2 is 2.07 bits per heavy atom. The normalized spacial score (nSPS) is 15.4. The van der Waals surface area contributed by atoms with Gasteiger partial charge in [0.2, 0.25) is 0 Å². The first-order chi connectivity index (χ1) is 12.9. The number of amides is 2. The molecule has 0 spiro atoms. The third kappa shape index (κ3) is 4.32. The summed E-state index contributed by atoms with van der Waals surface area (Å²) in [6.07, 6.45) is 1.70. The Hall–Kier alpha value is -2.35. The molecular formula is C19H15ClN2O3S2. The van der Waals surface area contributed by atoms with E-state index in [1.165, 1.54) is 0 Å². The van der Waals surface area contributed by atoms with Crippen molar-refractivity contribution in [3.05, 3.63) is 69.1 Å². The quantitative estimate of drug-likeness (QED) is 0.595. The summed E-state index contributed by atoms with van der Waals surface area (Å²) in [6, 6.07) is 12.4. The Kier molecular flexibility index (Phi) is 5.84. The molecule has 2 amide bonds. The molecule has 0 aliphatic carbocycles. The molecule has 0 atom stereocenters. The molecule has 1 aliphatic rings. The number of halogens is 1. The van der Waals surface area contributed by atoms with E-state index in [1.807, 2.05) is 25.1 Å². The molecule has 1 heterocycles. The lowest BCUT2D eigenvalue weighted by Crippen LogP contribution is -2.44. The molecule has 0 unspecified atom stereocenters. The molecule has 0 radical (unpaired) electrons. The zero-order valence-corrected chi connectivity index (χ0v) is 16.9. The smallest absolute Gasteiger partial charge is 0.285 e. The summed E-state index contributed by atoms with van der Waals surface area (Å²) >= 11 is 12.5. The highest BCUT2D eigenvalue weighted by molar-refractivity contribution is 8.26. The van der Waals surface area contributed by atoms with Crippen LogP contribution >= 0.6 is 35.6 Å². The average molecular weight is 419 g/mol. The second-order valence-corrected chi connectivity index (χ2v) is 7.80. The van der Waals surface area contributed by atoms with Gasteiger partial charge in [0.25, 0.3) is 11.8 Å². The summed E-state index contributed by atoms with van der Waals surface area (Å²) in [5.74, 6) is -0.218. The maximum atomic E-state index is 12.7. The lowest BCUT2D eigenvalue weighted by atomic mass is 10.1. The molecule has 2 aromatic rings. The minimum absolute atomic E-state index is 0.241. The fourth-order valence-corrected chi connectivity index (χ4v) is 3.91. The first-order valence-electron chi connectivity index (χ1n) is 7.88. The van der Waals surface area contributed by atoms with E-state index < -0.39 is 11.8 Å². The predicted octanol–water partition coefficient (Wildman–Crippen LogP) is 4.20. The van der Waals surface area contributed by atoms with Crippen LogP contribution < -0.4 is 10.2 Å². The highest BCUT2D eigenvalue weighted by Gasteiger charge is 2.34. The summed E-state index contributed by atoms with van der Waals surface area (Å²) < 4.78 is 5.42. The number of carbonyl (C=O) groups is 2. The summed E-state index contributed by atoms with van der Waals surface area (Å²) in [5.41, 5.74) is 4.53. The van der Waals surface area contributed by atoms with Crippen molar-refractivity contribution < 1.29 is 14.3 Å². The van der Waals surface area contributed by atoms with E-state index in [-0.39, 0.29) is 9.88 Å². The van der Waals surface area contributed by atoms with Crippen LogP contribution in [0.5, 0.6) is 5.75 Å². The molecule has 1 aliphatic heterocycles. The fraction of sp³-hybridized carbons (Fsp3) is 0.105. The minimum Gasteiger partial charge on any atom is -0.497 e. The van der Waals surface area contributed by atoms with E-state index in [0.29, 0.717) is 15.7 Å². The van der Waals surface area contributed by atoms with Gasteiger partial charge < -0.3 is 4.74 Å². The monoisotopic (exact) mass is 418 g/mol. The third-order valence-corrected chi connectivity index (χ3v) is 5.38. The van der Waals surface area contributed by atoms with Crippen LogP contribution in [0.3, 0.4) is 0 Å². The van der Waals surface area contributed by atoms with Gasteiger partial charge in [0.1, 0.15) is 5.75 Å². The summed E-state index contributed by atoms with van der Waals surface area (Å²) in [5, 5.41) is 1.37. The van der Waals surface area contributed by atoms with Crippen molar-refractivity contribution in [2.75, 3.05) is 7.11 Å². The molecule has 1 N–H and O–H groups in total. The van der Waals surface area contributed by atoms with Crippen LogP contribution in [0.4, 0.5) is 0 Å². The maximum Gasteiger partial charge on any atom is 0.285 e. The first kappa shape index (κ1) is 19.4. The predicted molar refractivity (Wildman–Crippen MR) is 112 cm³/mol. The van der Waals surface area contributed by atoms with Gasteiger partial charge in [-0.25, -0.2) is 0 Å². The van der Waals surface area contributed by atoms with Crippen LogP contribution in [0.2, 0.25) is 5.02 Å². The van der Waals surface area contributed by atoms with Crippen molar-refractivity contribution >= 4 is 57.8 Å². The first-order valence-corrected chi connectivity index (χ1v) is 9.48. The van der Waals surface area contributed by atoms with E-state index in [2.05, 4.69) is 5.43 Å². The van der Waals surface area contributed by atoms with Crippen molar-refractivity contribution in [2.24, 2.45) is 0 Å². The molecule has 0 bridgehead atoms. The second kappa shape index (κ2) is 8.12. The van der Waals surface area contributed by atoms with Crippen molar-refractivity contribution in [1.82, 2.24) is 10.4 Å². The van der Waals surface area contributed by atoms with Crippen LogP contribution in [-0.2, 0) is 4.79 Å². The minimum atomic E-state index is -0.501. The molecule has 1 saturated heterocycles. The number of benzene rings is 2. The van der Waals surface area contributed by atoms with Crippen LogP contribution in [0.1, 0.15) is 21.5 Å². The largest absolute Gasteiger partial charge is 0.497 e. The van der Waals surface area contributed by atoms with Gasteiger partial charge in [0.05, 0.1) is 22.6 Å². The average Bonchev–Trinajstić information content (AvgIpc) is 2.89. The third-order valence-electron chi connectivity index (χ3n) is 3.77. The maximum absolute atomic E-state index is 12.7. The molecule has 2 aromatic carbocycles. The zero-order valence-electron chi connectivity index (χ0n) is 14.5. The molecule has 1 fully saturated rings. The van der Waals surface area contributed by atoms with E-state index in [9.17, 15) is 9.59 Å². The number of thioether (sulfide) groups is 1. The van der Waals surface area contributed by atoms with Gasteiger partial charge in [0.15, 0.2) is 4.32 Å². The standard InChI is InChI=1S/C19H15ClN2O3S2/c1-11-6-7-14(15(20)8-11)17(23)21-22-18(24)16(27-19(22)26)10-12-4-3-5-13(9-12)25-2/h3-10H,1-2H3,(H,21,23)/b16-10+. The Morgan fingerprint density at radius 3 is 2.78 bits per heavy atom. The van der Waals surface area contributed by atoms with Crippen LogP contribution in [0.15, 0.2) is 47.4 Å². The number of rotatable bonds is 4. The topological polar surface area (TPSA) is 58.6 Å². The van der Waals surface area contributed by atoms with Crippen molar-refractivity contribution in [3.63, 3.8) is 0 Å². The molecule has 0 saturated carbocycles. The van der Waals surface area contributed by atoms with Crippen LogP contribution in [0.25, 0.3) is 6.08 Å². The fourth-order valence-electron chi connectivity index (χ4n) is 2.41. The number of thiocarbonyl (C=S) groups is 1. The number of hydrogen-bond donors (Lipinski definition) is 1. The number of methoxy groups -OCH3 is 1. The molecule has 8 heteroatoms. The van der Waals surface area contributed by atoms with Crippen molar-refractivity contribution in [3.8, 4) is 5.75 Å². The van der Waals surface area contributed by atoms with Crippen molar-refractivity contribution in [2.45, 2.75) is 6.92 Å². The van der Waals surface area contributed by atoms with Crippen LogP contribution in [0, 0.1) is 6.92 Å². The van der Waals surface area contributed by atoms with E-state index in [0.717, 1.165) is 27.9 Å². The Balaban J connectivity index is 1.79. The summed E-state index contributed by atoms with van der Waals surface area (Å²) in [6.45, 7) is 1.87. The van der Waals surface area contributed by atoms with Gasteiger partial charge >= 0.3 is 0 Å². The van der Waals surface area contributed by atoms with Gasteiger partial charge in [0, 0.05) is 0 Å². The highest BCUT2D eigenvalue weighted by Crippen LogP contribution is 2.32. The molecule has 27 heavy (non-hydrogen) atoms. The molecule has 3 rings (SSSR count). The van der Waals surface area contributed by atoms with Gasteiger partial charge in [-0.2, -0.15) is 5.01 Å². The number of hydrazine groups is 1. The second-order valence-electron chi connectivity index (χ2n) is 5.72. The molecule has 0 aromatic heterocycles. The van der Waals surface area contributed by atoms with E-state index >= 15 is 0 Å². The number of nitrogens with zero attached hydrogens (tertiary/aromatic N) is 1. The van der Waals surface area contributed by atoms with Gasteiger partial charge in [-0.05, 0) is 60.6 Å². The number of ether oxygens (including phenoxy) is 1. The lowest BCUT2D eigenvalue weighted by Gasteiger charge is -2.16. The van der Waals surface area contributed by atoms with Gasteiger partial charge in [-0.15, -0.1) is 0 Å². The number of carbonyl (C=O) groups excluding carboxylic acids is 2. The van der Waals surface area contributed by atoms with Crippen molar-refractivity contribution in [1.29, 1.82) is 0 Å². The van der Waals surface area contributed by atoms with E-state index in [1.54, 1.807) is 37.5 Å². The molecule has 138 valence electrons. The zero-order chi connectivity index (χ0) is 19.6. The molecular weight excluding hydrogens is 404 g/mol. The lowest BCUT2D eigenvalue weighted by molar-refractivity contribution is -0.123. The van der Waals surface area contributed by atoms with Gasteiger partial charge in [-0.3, -0.25) is 15.0 Å². The highest BCUT2D eigenvalue weighted by atomic mass is 35.5. The van der Waals surface area contributed by atoms with Gasteiger partial charge in [-0.1, -0.05) is 41.6 Å². The Morgan fingerprint density at radius 1 is 1.30 bits per heavy atom. The number of aryl methyl sites for hydroxylation is 1. The molecule has 5 nitrogen and oxygen atoms in total. The summed E-state index contributed by atoms with van der Waals surface area (Å²) in [4.78, 5) is 25.5. The summed E-state index contributed by atoms with van der Waals surface area (Å²) in [7, 11) is 1.57. The van der Waals surface area contributed by atoms with Crippen LogP contribution in [-0.4, -0.2) is 28.3 Å². The SMILES string of the molecule is COc1cccc(/C=C2/SC(=S)N(NC(=O)c3ccc(C)cc3Cl)C2=O)c1. The van der Waals surface area contributed by atoms with E-state index in [4.69, 9.17) is 28.6 Å². The Bertz CT molecular complexity index is 975.